The highest BCUT2D eigenvalue weighted by Crippen LogP contribution is 2.21. The van der Waals surface area contributed by atoms with Crippen molar-refractivity contribution in [3.8, 4) is 0 Å². The van der Waals surface area contributed by atoms with Gasteiger partial charge < -0.3 is 4.74 Å². The zero-order chi connectivity index (χ0) is 17.9. The van der Waals surface area contributed by atoms with Gasteiger partial charge in [-0.15, -0.1) is 0 Å². The molecule has 0 radical (unpaired) electrons. The van der Waals surface area contributed by atoms with Gasteiger partial charge >= 0.3 is 6.09 Å². The summed E-state index contributed by atoms with van der Waals surface area (Å²) in [6.45, 7) is 11.8. The van der Waals surface area contributed by atoms with Crippen LogP contribution in [0.4, 0.5) is 10.5 Å². The van der Waals surface area contributed by atoms with Crippen molar-refractivity contribution in [2.45, 2.75) is 53.6 Å². The molecule has 1 N–H and O–H groups in total. The fraction of sp³-hybridized carbons (Fsp3) is 0.381. The average Bonchev–Trinajstić information content (AvgIpc) is 2.38. The van der Waals surface area contributed by atoms with Gasteiger partial charge in [-0.05, 0) is 70.7 Å². The van der Waals surface area contributed by atoms with Crippen LogP contribution >= 0.6 is 0 Å². The molecule has 0 heterocycles. The van der Waals surface area contributed by atoms with E-state index in [1.54, 1.807) is 0 Å². The Bertz CT molecular complexity index is 722. The number of hydrogen-bond donors (Lipinski definition) is 1. The summed E-state index contributed by atoms with van der Waals surface area (Å²) in [4.78, 5) is 11.9. The molecule has 0 spiro atoms. The number of ether oxygens (including phenoxy) is 1. The van der Waals surface area contributed by atoms with Gasteiger partial charge in [0.2, 0.25) is 0 Å². The van der Waals surface area contributed by atoms with Crippen LogP contribution in [-0.2, 0) is 11.2 Å². The third kappa shape index (κ3) is 5.41. The molecular formula is C21H27NO2. The van der Waals surface area contributed by atoms with E-state index in [4.69, 9.17) is 4.74 Å². The summed E-state index contributed by atoms with van der Waals surface area (Å²) in [7, 11) is 0. The average molecular weight is 325 g/mol. The Kier molecular flexibility index (Phi) is 5.33. The maximum absolute atomic E-state index is 11.9. The van der Waals surface area contributed by atoms with Crippen LogP contribution in [0.3, 0.4) is 0 Å². The zero-order valence-electron chi connectivity index (χ0n) is 15.5. The van der Waals surface area contributed by atoms with Crippen LogP contribution in [-0.4, -0.2) is 11.7 Å². The molecule has 24 heavy (non-hydrogen) atoms. The highest BCUT2D eigenvalue weighted by atomic mass is 16.6. The van der Waals surface area contributed by atoms with E-state index in [1.807, 2.05) is 33.8 Å². The van der Waals surface area contributed by atoms with E-state index in [0.29, 0.717) is 0 Å². The molecule has 1 amide bonds. The minimum atomic E-state index is -0.499. The van der Waals surface area contributed by atoms with E-state index in [1.165, 1.54) is 22.3 Å². The first-order valence-electron chi connectivity index (χ1n) is 8.29. The Labute approximate surface area is 145 Å². The second-order valence-electron chi connectivity index (χ2n) is 7.45. The van der Waals surface area contributed by atoms with Gasteiger partial charge in [0.25, 0.3) is 0 Å². The number of amides is 1. The maximum Gasteiger partial charge on any atom is 0.412 e. The number of hydrogen-bond acceptors (Lipinski definition) is 2. The van der Waals surface area contributed by atoms with E-state index >= 15 is 0 Å². The van der Waals surface area contributed by atoms with E-state index < -0.39 is 11.7 Å². The van der Waals surface area contributed by atoms with Crippen LogP contribution < -0.4 is 5.32 Å². The third-order valence-electron chi connectivity index (χ3n) is 3.62. The predicted molar refractivity (Wildman–Crippen MR) is 99.8 cm³/mol. The van der Waals surface area contributed by atoms with Gasteiger partial charge in [0.1, 0.15) is 5.60 Å². The Hall–Kier alpha value is -2.29. The van der Waals surface area contributed by atoms with Crippen molar-refractivity contribution in [2.24, 2.45) is 0 Å². The molecule has 0 aliphatic carbocycles. The summed E-state index contributed by atoms with van der Waals surface area (Å²) in [5.41, 5.74) is 6.42. The lowest BCUT2D eigenvalue weighted by molar-refractivity contribution is 0.0636. The number of nitrogens with one attached hydrogen (secondary N) is 1. The highest BCUT2D eigenvalue weighted by molar-refractivity contribution is 5.85. The standard InChI is InChI=1S/C21H27NO2/c1-14-9-15(2)11-18(10-14)13-17-7-8-19(16(3)12-17)22-20(23)24-21(4,5)6/h7-12H,13H2,1-6H3,(H,22,23). The number of aryl methyl sites for hydroxylation is 3. The van der Waals surface area contributed by atoms with Crippen molar-refractivity contribution < 1.29 is 9.53 Å². The summed E-state index contributed by atoms with van der Waals surface area (Å²) >= 11 is 0. The van der Waals surface area contributed by atoms with Gasteiger partial charge in [0.15, 0.2) is 0 Å². The minimum absolute atomic E-state index is 0.423. The molecule has 0 bridgehead atoms. The topological polar surface area (TPSA) is 38.3 Å². The van der Waals surface area contributed by atoms with Crippen molar-refractivity contribution >= 4 is 11.8 Å². The van der Waals surface area contributed by atoms with Gasteiger partial charge in [-0.3, -0.25) is 5.32 Å². The Morgan fingerprint density at radius 2 is 1.58 bits per heavy atom. The normalized spacial score (nSPS) is 11.2. The summed E-state index contributed by atoms with van der Waals surface area (Å²) < 4.78 is 5.30. The van der Waals surface area contributed by atoms with Crippen molar-refractivity contribution in [3.05, 3.63) is 64.2 Å². The fourth-order valence-electron chi connectivity index (χ4n) is 2.80. The molecule has 0 aromatic heterocycles. The number of rotatable bonds is 3. The van der Waals surface area contributed by atoms with Crippen LogP contribution in [0.5, 0.6) is 0 Å². The van der Waals surface area contributed by atoms with Gasteiger partial charge in [-0.2, -0.15) is 0 Å². The molecule has 3 heteroatoms. The second kappa shape index (κ2) is 7.08. The third-order valence-corrected chi connectivity index (χ3v) is 3.62. The fourth-order valence-corrected chi connectivity index (χ4v) is 2.80. The van der Waals surface area contributed by atoms with Gasteiger partial charge in [0, 0.05) is 5.69 Å². The number of carbonyl (C=O) groups is 1. The molecule has 0 fully saturated rings. The number of carbonyl (C=O) groups excluding carboxylic acids is 1. The van der Waals surface area contributed by atoms with Crippen LogP contribution in [0.2, 0.25) is 0 Å². The minimum Gasteiger partial charge on any atom is -0.444 e. The van der Waals surface area contributed by atoms with Crippen LogP contribution in [0, 0.1) is 20.8 Å². The maximum atomic E-state index is 11.9. The molecule has 0 saturated carbocycles. The highest BCUT2D eigenvalue weighted by Gasteiger charge is 2.16. The first kappa shape index (κ1) is 18.1. The molecule has 3 nitrogen and oxygen atoms in total. The Balaban J connectivity index is 2.10. The van der Waals surface area contributed by atoms with Gasteiger partial charge in [0.05, 0.1) is 0 Å². The summed E-state index contributed by atoms with van der Waals surface area (Å²) in [6, 6.07) is 12.7. The summed E-state index contributed by atoms with van der Waals surface area (Å²) in [5, 5.41) is 2.81. The monoisotopic (exact) mass is 325 g/mol. The largest absolute Gasteiger partial charge is 0.444 e. The van der Waals surface area contributed by atoms with Crippen LogP contribution in [0.25, 0.3) is 0 Å². The van der Waals surface area contributed by atoms with Crippen molar-refractivity contribution in [1.82, 2.24) is 0 Å². The predicted octanol–water partition coefficient (Wildman–Crippen LogP) is 5.55. The van der Waals surface area contributed by atoms with Gasteiger partial charge in [-0.1, -0.05) is 41.5 Å². The van der Waals surface area contributed by atoms with Gasteiger partial charge in [-0.25, -0.2) is 4.79 Å². The van der Waals surface area contributed by atoms with E-state index in [9.17, 15) is 4.79 Å². The van der Waals surface area contributed by atoms with Crippen molar-refractivity contribution in [2.75, 3.05) is 5.32 Å². The second-order valence-corrected chi connectivity index (χ2v) is 7.45. The zero-order valence-corrected chi connectivity index (χ0v) is 15.5. The lowest BCUT2D eigenvalue weighted by atomic mass is 9.99. The Morgan fingerprint density at radius 1 is 0.958 bits per heavy atom. The lowest BCUT2D eigenvalue weighted by Crippen LogP contribution is -2.27. The molecule has 0 saturated heterocycles. The molecule has 128 valence electrons. The lowest BCUT2D eigenvalue weighted by Gasteiger charge is -2.20. The number of anilines is 1. The van der Waals surface area contributed by atoms with E-state index in [-0.39, 0.29) is 0 Å². The first-order valence-corrected chi connectivity index (χ1v) is 8.29. The smallest absolute Gasteiger partial charge is 0.412 e. The summed E-state index contributed by atoms with van der Waals surface area (Å²) in [6.07, 6.45) is 0.462. The Morgan fingerprint density at radius 3 is 2.12 bits per heavy atom. The first-order chi connectivity index (χ1) is 11.1. The molecular weight excluding hydrogens is 298 g/mol. The quantitative estimate of drug-likeness (QED) is 0.803. The van der Waals surface area contributed by atoms with E-state index in [2.05, 4.69) is 49.5 Å². The molecule has 0 unspecified atom stereocenters. The summed E-state index contributed by atoms with van der Waals surface area (Å²) in [5.74, 6) is 0. The molecule has 0 atom stereocenters. The van der Waals surface area contributed by atoms with Crippen LogP contribution in [0.15, 0.2) is 36.4 Å². The van der Waals surface area contributed by atoms with Crippen molar-refractivity contribution in [3.63, 3.8) is 0 Å². The molecule has 2 aromatic rings. The number of benzene rings is 2. The molecule has 2 rings (SSSR count). The van der Waals surface area contributed by atoms with Crippen LogP contribution in [0.1, 0.15) is 48.6 Å². The van der Waals surface area contributed by atoms with E-state index in [0.717, 1.165) is 17.7 Å². The SMILES string of the molecule is Cc1cc(C)cc(Cc2ccc(NC(=O)OC(C)(C)C)c(C)c2)c1. The molecule has 0 aliphatic heterocycles. The van der Waals surface area contributed by atoms with Crippen molar-refractivity contribution in [1.29, 1.82) is 0 Å². The molecule has 0 aliphatic rings. The molecule has 2 aromatic carbocycles.